The fourth-order valence-electron chi connectivity index (χ4n) is 1.45. The van der Waals surface area contributed by atoms with Crippen LogP contribution >= 0.6 is 0 Å². The van der Waals surface area contributed by atoms with Gasteiger partial charge >= 0.3 is 7.12 Å². The Bertz CT molecular complexity index is 407. The minimum atomic E-state index is -1.54. The maximum Gasteiger partial charge on any atom is 0.488 e. The van der Waals surface area contributed by atoms with Crippen molar-refractivity contribution in [2.45, 2.75) is 0 Å². The van der Waals surface area contributed by atoms with Crippen molar-refractivity contribution >= 4 is 24.2 Å². The van der Waals surface area contributed by atoms with Crippen LogP contribution in [0.25, 0.3) is 0 Å². The second kappa shape index (κ2) is 3.56. The molecule has 1 heterocycles. The highest BCUT2D eigenvalue weighted by atomic mass is 16.5. The van der Waals surface area contributed by atoms with Crippen LogP contribution in [0.1, 0.15) is 0 Å². The fraction of sp³-hybridized carbons (Fsp3) is 0.222. The van der Waals surface area contributed by atoms with Crippen molar-refractivity contribution < 1.29 is 19.6 Å². The molecule has 0 unspecified atom stereocenters. The number of likely N-dealkylation sites (N-methyl/N-ethyl adjacent to an activating group) is 1. The van der Waals surface area contributed by atoms with Crippen molar-refractivity contribution in [3.05, 3.63) is 18.2 Å². The number of hydrogen-bond donors (Lipinski definition) is 2. The van der Waals surface area contributed by atoms with Crippen molar-refractivity contribution in [2.24, 2.45) is 0 Å². The van der Waals surface area contributed by atoms with E-state index in [1.54, 1.807) is 19.2 Å². The van der Waals surface area contributed by atoms with Gasteiger partial charge in [0.05, 0.1) is 5.69 Å². The molecular formula is C9H10BNO4. The number of amides is 1. The average molecular weight is 207 g/mol. The SMILES string of the molecule is CN1C(=O)COc2ccc(B(O)O)cc21. The van der Waals surface area contributed by atoms with Gasteiger partial charge in [-0.25, -0.2) is 0 Å². The van der Waals surface area contributed by atoms with E-state index < -0.39 is 7.12 Å². The van der Waals surface area contributed by atoms with Crippen molar-refractivity contribution in [1.29, 1.82) is 0 Å². The first-order valence-corrected chi connectivity index (χ1v) is 4.49. The van der Waals surface area contributed by atoms with E-state index in [0.717, 1.165) is 0 Å². The highest BCUT2D eigenvalue weighted by Gasteiger charge is 2.24. The minimum absolute atomic E-state index is 0.0184. The Balaban J connectivity index is 2.45. The molecule has 0 bridgehead atoms. The first-order chi connectivity index (χ1) is 7.09. The molecule has 1 aromatic rings. The van der Waals surface area contributed by atoms with Gasteiger partial charge in [0.2, 0.25) is 0 Å². The second-order valence-electron chi connectivity index (χ2n) is 3.34. The first-order valence-electron chi connectivity index (χ1n) is 4.49. The monoisotopic (exact) mass is 207 g/mol. The molecule has 0 radical (unpaired) electrons. The van der Waals surface area contributed by atoms with Gasteiger partial charge in [-0.15, -0.1) is 0 Å². The quantitative estimate of drug-likeness (QED) is 0.563. The largest absolute Gasteiger partial charge is 0.488 e. The molecule has 6 heteroatoms. The van der Waals surface area contributed by atoms with Gasteiger partial charge < -0.3 is 19.7 Å². The molecule has 0 aromatic heterocycles. The lowest BCUT2D eigenvalue weighted by Gasteiger charge is -2.26. The van der Waals surface area contributed by atoms with Crippen molar-refractivity contribution in [3.8, 4) is 5.75 Å². The fourth-order valence-corrected chi connectivity index (χ4v) is 1.45. The maximum atomic E-state index is 11.3. The number of fused-ring (bicyclic) bond motifs is 1. The summed E-state index contributed by atoms with van der Waals surface area (Å²) in [6.07, 6.45) is 0. The van der Waals surface area contributed by atoms with E-state index in [0.29, 0.717) is 16.9 Å². The summed E-state index contributed by atoms with van der Waals surface area (Å²) in [6, 6.07) is 4.69. The van der Waals surface area contributed by atoms with Gasteiger partial charge in [0.1, 0.15) is 5.75 Å². The van der Waals surface area contributed by atoms with E-state index in [1.165, 1.54) is 11.0 Å². The number of rotatable bonds is 1. The van der Waals surface area contributed by atoms with E-state index in [2.05, 4.69) is 0 Å². The van der Waals surface area contributed by atoms with Crippen LogP contribution in [0.4, 0.5) is 5.69 Å². The Labute approximate surface area is 87.0 Å². The van der Waals surface area contributed by atoms with E-state index in [4.69, 9.17) is 14.8 Å². The Morgan fingerprint density at radius 3 is 2.87 bits per heavy atom. The normalized spacial score (nSPS) is 14.6. The number of nitrogens with zero attached hydrogens (tertiary/aromatic N) is 1. The van der Waals surface area contributed by atoms with Gasteiger partial charge in [0.25, 0.3) is 5.91 Å². The Hall–Kier alpha value is -1.53. The molecule has 15 heavy (non-hydrogen) atoms. The Morgan fingerprint density at radius 1 is 1.47 bits per heavy atom. The molecule has 0 saturated carbocycles. The van der Waals surface area contributed by atoms with Crippen molar-refractivity contribution in [1.82, 2.24) is 0 Å². The molecule has 1 aliphatic rings. The first kappa shape index (κ1) is 10.0. The third-order valence-electron chi connectivity index (χ3n) is 2.37. The summed E-state index contributed by atoms with van der Waals surface area (Å²) < 4.78 is 5.19. The predicted octanol–water partition coefficient (Wildman–Crippen LogP) is -1.28. The third kappa shape index (κ3) is 1.69. The highest BCUT2D eigenvalue weighted by Crippen LogP contribution is 2.29. The summed E-state index contributed by atoms with van der Waals surface area (Å²) >= 11 is 0. The van der Waals surface area contributed by atoms with Crippen LogP contribution in [0.2, 0.25) is 0 Å². The van der Waals surface area contributed by atoms with Crippen LogP contribution in [0, 0.1) is 0 Å². The molecule has 0 atom stereocenters. The van der Waals surface area contributed by atoms with Gasteiger partial charge in [-0.3, -0.25) is 4.79 Å². The number of ether oxygens (including phenoxy) is 1. The molecule has 2 rings (SSSR count). The van der Waals surface area contributed by atoms with Gasteiger partial charge in [0.15, 0.2) is 6.61 Å². The zero-order valence-corrected chi connectivity index (χ0v) is 8.17. The average Bonchev–Trinajstić information content (AvgIpc) is 2.23. The summed E-state index contributed by atoms with van der Waals surface area (Å²) in [5.74, 6) is 0.411. The smallest absolute Gasteiger partial charge is 0.482 e. The minimum Gasteiger partial charge on any atom is -0.482 e. The third-order valence-corrected chi connectivity index (χ3v) is 2.37. The lowest BCUT2D eigenvalue weighted by Crippen LogP contribution is -2.37. The molecule has 2 N–H and O–H groups in total. The van der Waals surface area contributed by atoms with Gasteiger partial charge in [-0.05, 0) is 17.6 Å². The van der Waals surface area contributed by atoms with Crippen molar-refractivity contribution in [2.75, 3.05) is 18.6 Å². The molecule has 0 aliphatic carbocycles. The van der Waals surface area contributed by atoms with Crippen LogP contribution in [0.15, 0.2) is 18.2 Å². The van der Waals surface area contributed by atoms with Crippen LogP contribution < -0.4 is 15.1 Å². The highest BCUT2D eigenvalue weighted by molar-refractivity contribution is 6.58. The molecule has 0 fully saturated rings. The van der Waals surface area contributed by atoms with E-state index in [9.17, 15) is 4.79 Å². The number of carbonyl (C=O) groups is 1. The summed E-state index contributed by atoms with van der Waals surface area (Å²) in [5.41, 5.74) is 0.885. The summed E-state index contributed by atoms with van der Waals surface area (Å²) in [4.78, 5) is 12.7. The Morgan fingerprint density at radius 2 is 2.20 bits per heavy atom. The molecule has 1 aromatic carbocycles. The lowest BCUT2D eigenvalue weighted by molar-refractivity contribution is -0.120. The molecule has 5 nitrogen and oxygen atoms in total. The summed E-state index contributed by atoms with van der Waals surface area (Å²) in [6.45, 7) is 0.0184. The van der Waals surface area contributed by atoms with Crippen LogP contribution in [0.3, 0.4) is 0 Å². The Kier molecular flexibility index (Phi) is 2.38. The van der Waals surface area contributed by atoms with Gasteiger partial charge in [0, 0.05) is 7.05 Å². The number of benzene rings is 1. The molecule has 0 spiro atoms. The zero-order valence-electron chi connectivity index (χ0n) is 8.17. The molecule has 1 aliphatic heterocycles. The van der Waals surface area contributed by atoms with E-state index >= 15 is 0 Å². The molecule has 1 amide bonds. The van der Waals surface area contributed by atoms with E-state index in [-0.39, 0.29) is 12.5 Å². The maximum absolute atomic E-state index is 11.3. The second-order valence-corrected chi connectivity index (χ2v) is 3.34. The van der Waals surface area contributed by atoms with Crippen LogP contribution in [-0.4, -0.2) is 36.7 Å². The summed E-state index contributed by atoms with van der Waals surface area (Å²) in [5, 5.41) is 18.0. The van der Waals surface area contributed by atoms with Crippen LogP contribution in [0.5, 0.6) is 5.75 Å². The predicted molar refractivity (Wildman–Crippen MR) is 55.2 cm³/mol. The number of hydrogen-bond acceptors (Lipinski definition) is 4. The topological polar surface area (TPSA) is 70.0 Å². The number of carbonyl (C=O) groups excluding carboxylic acids is 1. The van der Waals surface area contributed by atoms with E-state index in [1.807, 2.05) is 0 Å². The lowest BCUT2D eigenvalue weighted by atomic mass is 9.80. The van der Waals surface area contributed by atoms with Gasteiger partial charge in [-0.1, -0.05) is 6.07 Å². The standard InChI is InChI=1S/C9H10BNO4/c1-11-7-4-6(10(13)14)2-3-8(7)15-5-9(11)12/h2-4,13-14H,5H2,1H3. The van der Waals surface area contributed by atoms with Gasteiger partial charge in [-0.2, -0.15) is 0 Å². The molecular weight excluding hydrogens is 197 g/mol. The zero-order chi connectivity index (χ0) is 11.0. The van der Waals surface area contributed by atoms with Crippen molar-refractivity contribution in [3.63, 3.8) is 0 Å². The summed E-state index contributed by atoms with van der Waals surface area (Å²) in [7, 11) is 0.0813. The number of anilines is 1. The molecule has 78 valence electrons. The molecule has 0 saturated heterocycles. The van der Waals surface area contributed by atoms with Crippen LogP contribution in [-0.2, 0) is 4.79 Å².